The van der Waals surface area contributed by atoms with Gasteiger partial charge in [0.05, 0.1) is 6.04 Å². The van der Waals surface area contributed by atoms with E-state index in [1.807, 2.05) is 0 Å². The van der Waals surface area contributed by atoms with E-state index in [1.54, 1.807) is 11.3 Å². The summed E-state index contributed by atoms with van der Waals surface area (Å²) in [5.74, 6) is 0.306. The van der Waals surface area contributed by atoms with Crippen molar-refractivity contribution in [1.82, 2.24) is 0 Å². The number of fused-ring (bicyclic) bond motifs is 4. The van der Waals surface area contributed by atoms with E-state index in [0.29, 0.717) is 12.2 Å². The molecule has 0 saturated heterocycles. The number of carbonyl (C=O) groups excluding carboxylic acids is 1. The number of hydrogen-bond donors (Lipinski definition) is 1. The standard InChI is InChI=1S/C21H17NOS/c23-17-8-3-7-15-19-14-6-2-1-5-13(14)10-11-16(19)22-21(20(15)17)18-9-4-12-24-18/h1-2,4-6,9-12,21-22H,3,7-8H2/t21-/m0/s1. The lowest BCUT2D eigenvalue weighted by molar-refractivity contribution is -0.116. The Morgan fingerprint density at radius 1 is 1.00 bits per heavy atom. The van der Waals surface area contributed by atoms with Gasteiger partial charge in [-0.3, -0.25) is 4.79 Å². The first-order chi connectivity index (χ1) is 11.8. The predicted octanol–water partition coefficient (Wildman–Crippen LogP) is 5.57. The Bertz CT molecular complexity index is 984. The first-order valence-electron chi connectivity index (χ1n) is 8.41. The number of thiophene rings is 1. The highest BCUT2D eigenvalue weighted by Gasteiger charge is 2.35. The van der Waals surface area contributed by atoms with Crippen LogP contribution in [0.25, 0.3) is 16.3 Å². The number of ketones is 1. The molecule has 2 nitrogen and oxygen atoms in total. The van der Waals surface area contributed by atoms with Gasteiger partial charge in [0.25, 0.3) is 0 Å². The van der Waals surface area contributed by atoms with Crippen LogP contribution in [0.5, 0.6) is 0 Å². The quantitative estimate of drug-likeness (QED) is 0.631. The summed E-state index contributed by atoms with van der Waals surface area (Å²) in [5.41, 5.74) is 4.65. The van der Waals surface area contributed by atoms with E-state index in [1.165, 1.54) is 26.8 Å². The molecule has 0 fully saturated rings. The molecule has 0 radical (unpaired) electrons. The fraction of sp³-hybridized carbons (Fsp3) is 0.190. The average molecular weight is 331 g/mol. The van der Waals surface area contributed by atoms with Gasteiger partial charge in [-0.2, -0.15) is 0 Å². The molecule has 1 aliphatic carbocycles. The average Bonchev–Trinajstić information content (AvgIpc) is 3.15. The minimum Gasteiger partial charge on any atom is -0.373 e. The van der Waals surface area contributed by atoms with E-state index in [-0.39, 0.29) is 6.04 Å². The third-order valence-corrected chi connectivity index (χ3v) is 6.04. The summed E-state index contributed by atoms with van der Waals surface area (Å²) in [6.45, 7) is 0. The smallest absolute Gasteiger partial charge is 0.161 e. The van der Waals surface area contributed by atoms with Crippen molar-refractivity contribution in [2.24, 2.45) is 0 Å². The molecule has 0 amide bonds. The van der Waals surface area contributed by atoms with E-state index in [2.05, 4.69) is 59.2 Å². The van der Waals surface area contributed by atoms with Crippen LogP contribution in [0, 0.1) is 0 Å². The number of benzene rings is 2. The molecule has 0 bridgehead atoms. The molecule has 5 rings (SSSR count). The zero-order valence-corrected chi connectivity index (χ0v) is 14.0. The van der Waals surface area contributed by atoms with Crippen molar-refractivity contribution in [2.45, 2.75) is 25.3 Å². The molecule has 1 atom stereocenters. The van der Waals surface area contributed by atoms with Crippen LogP contribution in [0.4, 0.5) is 5.69 Å². The molecule has 1 N–H and O–H groups in total. The second-order valence-electron chi connectivity index (χ2n) is 6.47. The monoisotopic (exact) mass is 331 g/mol. The number of Topliss-reactive ketones (excluding diaryl/α,β-unsaturated/α-hetero) is 1. The third-order valence-electron chi connectivity index (χ3n) is 5.10. The highest BCUT2D eigenvalue weighted by molar-refractivity contribution is 7.10. The van der Waals surface area contributed by atoms with Crippen molar-refractivity contribution in [3.8, 4) is 0 Å². The van der Waals surface area contributed by atoms with Crippen LogP contribution in [0.15, 0.2) is 59.5 Å². The van der Waals surface area contributed by atoms with Gasteiger partial charge in [0.15, 0.2) is 5.78 Å². The van der Waals surface area contributed by atoms with Crippen molar-refractivity contribution < 1.29 is 4.79 Å². The predicted molar refractivity (Wildman–Crippen MR) is 100 cm³/mol. The SMILES string of the molecule is O=C1CCCC2=C1[C@H](c1cccs1)Nc1ccc3ccccc3c12. The summed E-state index contributed by atoms with van der Waals surface area (Å²) in [4.78, 5) is 14.0. The van der Waals surface area contributed by atoms with Crippen molar-refractivity contribution in [1.29, 1.82) is 0 Å². The highest BCUT2D eigenvalue weighted by atomic mass is 32.1. The summed E-state index contributed by atoms with van der Waals surface area (Å²) in [7, 11) is 0. The summed E-state index contributed by atoms with van der Waals surface area (Å²) in [6, 6.07) is 17.0. The van der Waals surface area contributed by atoms with Gasteiger partial charge in [-0.15, -0.1) is 11.3 Å². The number of carbonyl (C=O) groups is 1. The minimum absolute atomic E-state index is 0.00135. The number of rotatable bonds is 1. The summed E-state index contributed by atoms with van der Waals surface area (Å²) in [5, 5.41) is 8.22. The molecule has 24 heavy (non-hydrogen) atoms. The maximum Gasteiger partial charge on any atom is 0.161 e. The Hall–Kier alpha value is -2.39. The van der Waals surface area contributed by atoms with E-state index in [0.717, 1.165) is 24.1 Å². The van der Waals surface area contributed by atoms with Gasteiger partial charge < -0.3 is 5.32 Å². The van der Waals surface area contributed by atoms with Gasteiger partial charge in [-0.25, -0.2) is 0 Å². The Labute approximate surface area is 144 Å². The normalized spacial score (nSPS) is 19.8. The van der Waals surface area contributed by atoms with Crippen LogP contribution in [-0.2, 0) is 4.79 Å². The first kappa shape index (κ1) is 14.0. The molecule has 0 spiro atoms. The molecule has 1 aromatic heterocycles. The van der Waals surface area contributed by atoms with E-state index < -0.39 is 0 Å². The van der Waals surface area contributed by atoms with Crippen LogP contribution in [0.1, 0.15) is 35.7 Å². The Morgan fingerprint density at radius 2 is 1.92 bits per heavy atom. The molecule has 2 heterocycles. The summed E-state index contributed by atoms with van der Waals surface area (Å²) < 4.78 is 0. The topological polar surface area (TPSA) is 29.1 Å². The molecule has 0 saturated carbocycles. The Balaban J connectivity index is 1.82. The molecule has 2 aliphatic rings. The van der Waals surface area contributed by atoms with E-state index in [4.69, 9.17) is 0 Å². The van der Waals surface area contributed by atoms with Gasteiger partial charge in [-0.1, -0.05) is 36.4 Å². The minimum atomic E-state index is 0.00135. The molecule has 2 aromatic carbocycles. The van der Waals surface area contributed by atoms with Crippen molar-refractivity contribution in [3.63, 3.8) is 0 Å². The maximum atomic E-state index is 12.8. The lowest BCUT2D eigenvalue weighted by Gasteiger charge is -2.34. The van der Waals surface area contributed by atoms with Gasteiger partial charge in [0.2, 0.25) is 0 Å². The van der Waals surface area contributed by atoms with Crippen LogP contribution < -0.4 is 5.32 Å². The van der Waals surface area contributed by atoms with Crippen molar-refractivity contribution in [2.75, 3.05) is 5.32 Å². The van der Waals surface area contributed by atoms with Crippen LogP contribution in [0.3, 0.4) is 0 Å². The summed E-state index contributed by atoms with van der Waals surface area (Å²) in [6.07, 6.45) is 2.62. The fourth-order valence-electron chi connectivity index (χ4n) is 4.07. The third kappa shape index (κ3) is 1.98. The van der Waals surface area contributed by atoms with E-state index >= 15 is 0 Å². The van der Waals surface area contributed by atoms with Crippen LogP contribution in [0.2, 0.25) is 0 Å². The lowest BCUT2D eigenvalue weighted by atomic mass is 9.78. The molecular weight excluding hydrogens is 314 g/mol. The van der Waals surface area contributed by atoms with Gasteiger partial charge in [-0.05, 0) is 46.7 Å². The number of nitrogens with one attached hydrogen (secondary N) is 1. The molecule has 3 aromatic rings. The number of hydrogen-bond acceptors (Lipinski definition) is 3. The van der Waals surface area contributed by atoms with Crippen LogP contribution >= 0.6 is 11.3 Å². The summed E-state index contributed by atoms with van der Waals surface area (Å²) >= 11 is 1.72. The number of allylic oxidation sites excluding steroid dienone is 1. The van der Waals surface area contributed by atoms with Gasteiger partial charge in [0, 0.05) is 28.1 Å². The van der Waals surface area contributed by atoms with E-state index in [9.17, 15) is 4.79 Å². The second-order valence-corrected chi connectivity index (χ2v) is 7.45. The molecular formula is C21H17NOS. The molecule has 118 valence electrons. The molecule has 0 unspecified atom stereocenters. The Kier molecular flexibility index (Phi) is 3.10. The number of anilines is 1. The van der Waals surface area contributed by atoms with Crippen LogP contribution in [-0.4, -0.2) is 5.78 Å². The second kappa shape index (κ2) is 5.32. The largest absolute Gasteiger partial charge is 0.373 e. The van der Waals surface area contributed by atoms with Crippen molar-refractivity contribution in [3.05, 3.63) is 69.9 Å². The highest BCUT2D eigenvalue weighted by Crippen LogP contribution is 2.48. The Morgan fingerprint density at radius 3 is 2.79 bits per heavy atom. The van der Waals surface area contributed by atoms with Crippen molar-refractivity contribution >= 4 is 39.2 Å². The zero-order valence-electron chi connectivity index (χ0n) is 13.2. The fourth-order valence-corrected chi connectivity index (χ4v) is 4.86. The van der Waals surface area contributed by atoms with Gasteiger partial charge in [0.1, 0.15) is 0 Å². The molecule has 1 aliphatic heterocycles. The zero-order chi connectivity index (χ0) is 16.1. The maximum absolute atomic E-state index is 12.8. The molecule has 3 heteroatoms. The lowest BCUT2D eigenvalue weighted by Crippen LogP contribution is -2.26. The van der Waals surface area contributed by atoms with Gasteiger partial charge >= 0.3 is 0 Å². The first-order valence-corrected chi connectivity index (χ1v) is 9.29.